The molecule has 112 valence electrons. The van der Waals surface area contributed by atoms with Gasteiger partial charge in [-0.1, -0.05) is 26.3 Å². The molecule has 3 unspecified atom stereocenters. The maximum atomic E-state index is 5.93. The largest absolute Gasteiger partial charge is 0.399 e. The minimum atomic E-state index is 0.390. The molecule has 0 saturated heterocycles. The van der Waals surface area contributed by atoms with Crippen molar-refractivity contribution < 1.29 is 0 Å². The van der Waals surface area contributed by atoms with Gasteiger partial charge in [0.2, 0.25) is 0 Å². The summed E-state index contributed by atoms with van der Waals surface area (Å²) in [5.41, 5.74) is 8.86. The predicted molar refractivity (Wildman–Crippen MR) is 83.6 cm³/mol. The van der Waals surface area contributed by atoms with E-state index in [0.29, 0.717) is 12.0 Å². The summed E-state index contributed by atoms with van der Waals surface area (Å²) < 4.78 is 2.02. The van der Waals surface area contributed by atoms with E-state index in [1.165, 1.54) is 12.8 Å². The average molecular weight is 285 g/mol. The van der Waals surface area contributed by atoms with Gasteiger partial charge in [-0.05, 0) is 59.7 Å². The molecule has 0 aliphatic heterocycles. The molecule has 21 heavy (non-hydrogen) atoms. The van der Waals surface area contributed by atoms with Crippen molar-refractivity contribution in [1.29, 1.82) is 0 Å². The van der Waals surface area contributed by atoms with Crippen LogP contribution >= 0.6 is 0 Å². The Labute approximate surface area is 125 Å². The summed E-state index contributed by atoms with van der Waals surface area (Å²) in [6.07, 6.45) is 3.64. The quantitative estimate of drug-likeness (QED) is 0.879. The number of anilines is 1. The highest BCUT2D eigenvalue weighted by molar-refractivity contribution is 5.65. The molecule has 1 aliphatic rings. The smallest absolute Gasteiger partial charge is 0.182 e. The Morgan fingerprint density at radius 3 is 2.86 bits per heavy atom. The molecule has 0 spiro atoms. The van der Waals surface area contributed by atoms with Gasteiger partial charge in [0.05, 0.1) is 6.04 Å². The SMILES string of the molecule is CCC1CCC(n2nnnc2-c2cc(N)ccc2C)C1C. The molecule has 5 nitrogen and oxygen atoms in total. The summed E-state index contributed by atoms with van der Waals surface area (Å²) in [6.45, 7) is 6.66. The Kier molecular flexibility index (Phi) is 3.66. The van der Waals surface area contributed by atoms with Crippen LogP contribution in [0.1, 0.15) is 44.7 Å². The van der Waals surface area contributed by atoms with Crippen molar-refractivity contribution >= 4 is 5.69 Å². The van der Waals surface area contributed by atoms with Crippen LogP contribution in [0.5, 0.6) is 0 Å². The van der Waals surface area contributed by atoms with Crippen molar-refractivity contribution in [3.8, 4) is 11.4 Å². The molecular formula is C16H23N5. The van der Waals surface area contributed by atoms with Crippen LogP contribution in [-0.4, -0.2) is 20.2 Å². The van der Waals surface area contributed by atoms with Crippen LogP contribution in [0, 0.1) is 18.8 Å². The lowest BCUT2D eigenvalue weighted by Crippen LogP contribution is -2.18. The third-order valence-corrected chi connectivity index (χ3v) is 5.02. The van der Waals surface area contributed by atoms with E-state index >= 15 is 0 Å². The van der Waals surface area contributed by atoms with E-state index in [1.54, 1.807) is 0 Å². The number of nitrogens with two attached hydrogens (primary N) is 1. The first kappa shape index (κ1) is 14.0. The summed E-state index contributed by atoms with van der Waals surface area (Å²) in [6, 6.07) is 6.30. The molecule has 1 saturated carbocycles. The van der Waals surface area contributed by atoms with Crippen LogP contribution in [0.15, 0.2) is 18.2 Å². The normalized spacial score (nSPS) is 25.4. The number of benzene rings is 1. The second-order valence-corrected chi connectivity index (χ2v) is 6.19. The first-order valence-electron chi connectivity index (χ1n) is 7.76. The summed E-state index contributed by atoms with van der Waals surface area (Å²) in [4.78, 5) is 0. The lowest BCUT2D eigenvalue weighted by molar-refractivity contribution is 0.310. The summed E-state index contributed by atoms with van der Waals surface area (Å²) in [5, 5.41) is 12.5. The molecule has 1 fully saturated rings. The number of tetrazole rings is 1. The zero-order valence-corrected chi connectivity index (χ0v) is 13.0. The predicted octanol–water partition coefficient (Wildman–Crippen LogP) is 3.23. The zero-order chi connectivity index (χ0) is 15.0. The van der Waals surface area contributed by atoms with Crippen LogP contribution in [0.4, 0.5) is 5.69 Å². The topological polar surface area (TPSA) is 69.6 Å². The van der Waals surface area contributed by atoms with E-state index in [9.17, 15) is 0 Å². The Balaban J connectivity index is 2.00. The standard InChI is InChI=1S/C16H23N5/c1-4-12-6-8-15(11(12)3)21-16(18-19-20-21)14-9-13(17)7-5-10(14)2/h5,7,9,11-12,15H,4,6,8,17H2,1-3H3. The Morgan fingerprint density at radius 2 is 2.14 bits per heavy atom. The van der Waals surface area contributed by atoms with E-state index in [0.717, 1.165) is 35.0 Å². The van der Waals surface area contributed by atoms with Gasteiger partial charge < -0.3 is 5.73 Å². The fourth-order valence-corrected chi connectivity index (χ4v) is 3.62. The van der Waals surface area contributed by atoms with Crippen molar-refractivity contribution in [1.82, 2.24) is 20.2 Å². The second-order valence-electron chi connectivity index (χ2n) is 6.19. The van der Waals surface area contributed by atoms with Crippen molar-refractivity contribution in [2.45, 2.75) is 46.1 Å². The van der Waals surface area contributed by atoms with E-state index in [2.05, 4.69) is 36.3 Å². The van der Waals surface area contributed by atoms with Gasteiger partial charge in [-0.2, -0.15) is 0 Å². The molecule has 0 bridgehead atoms. The minimum Gasteiger partial charge on any atom is -0.399 e. The van der Waals surface area contributed by atoms with Crippen LogP contribution in [0.25, 0.3) is 11.4 Å². The lowest BCUT2D eigenvalue weighted by atomic mass is 9.93. The molecule has 1 aliphatic carbocycles. The highest BCUT2D eigenvalue weighted by Gasteiger charge is 2.35. The van der Waals surface area contributed by atoms with Gasteiger partial charge in [0, 0.05) is 11.3 Å². The third-order valence-electron chi connectivity index (χ3n) is 5.02. The van der Waals surface area contributed by atoms with E-state index in [1.807, 2.05) is 22.9 Å². The number of hydrogen-bond acceptors (Lipinski definition) is 4. The fraction of sp³-hybridized carbons (Fsp3) is 0.562. The van der Waals surface area contributed by atoms with E-state index in [-0.39, 0.29) is 0 Å². The number of nitrogens with zero attached hydrogens (tertiary/aromatic N) is 4. The number of aryl methyl sites for hydroxylation is 1. The maximum Gasteiger partial charge on any atom is 0.182 e. The summed E-state index contributed by atoms with van der Waals surface area (Å²) in [7, 11) is 0. The highest BCUT2D eigenvalue weighted by Crippen LogP contribution is 2.42. The Bertz CT molecular complexity index is 633. The van der Waals surface area contributed by atoms with Gasteiger partial charge in [-0.3, -0.25) is 0 Å². The highest BCUT2D eigenvalue weighted by atomic mass is 15.6. The summed E-state index contributed by atoms with van der Waals surface area (Å²) >= 11 is 0. The van der Waals surface area contributed by atoms with Crippen molar-refractivity contribution in [2.24, 2.45) is 11.8 Å². The van der Waals surface area contributed by atoms with Gasteiger partial charge in [0.15, 0.2) is 5.82 Å². The van der Waals surface area contributed by atoms with Crippen LogP contribution in [-0.2, 0) is 0 Å². The molecule has 1 heterocycles. The molecule has 0 amide bonds. The molecule has 3 rings (SSSR count). The van der Waals surface area contributed by atoms with Crippen LogP contribution < -0.4 is 5.73 Å². The molecule has 0 radical (unpaired) electrons. The van der Waals surface area contributed by atoms with Crippen molar-refractivity contribution in [2.75, 3.05) is 5.73 Å². The third kappa shape index (κ3) is 2.41. The molecule has 3 atom stereocenters. The van der Waals surface area contributed by atoms with E-state index in [4.69, 9.17) is 5.73 Å². The number of hydrogen-bond donors (Lipinski definition) is 1. The Morgan fingerprint density at radius 1 is 1.33 bits per heavy atom. The zero-order valence-electron chi connectivity index (χ0n) is 13.0. The van der Waals surface area contributed by atoms with Gasteiger partial charge in [0.1, 0.15) is 0 Å². The monoisotopic (exact) mass is 285 g/mol. The molecule has 2 N–H and O–H groups in total. The van der Waals surface area contributed by atoms with Gasteiger partial charge in [0.25, 0.3) is 0 Å². The number of nitrogen functional groups attached to an aromatic ring is 1. The van der Waals surface area contributed by atoms with Crippen molar-refractivity contribution in [3.63, 3.8) is 0 Å². The van der Waals surface area contributed by atoms with Gasteiger partial charge >= 0.3 is 0 Å². The van der Waals surface area contributed by atoms with Gasteiger partial charge in [-0.15, -0.1) is 5.10 Å². The van der Waals surface area contributed by atoms with Gasteiger partial charge in [-0.25, -0.2) is 4.68 Å². The minimum absolute atomic E-state index is 0.390. The van der Waals surface area contributed by atoms with E-state index < -0.39 is 0 Å². The summed E-state index contributed by atoms with van der Waals surface area (Å²) in [5.74, 6) is 2.22. The number of rotatable bonds is 3. The first-order valence-corrected chi connectivity index (χ1v) is 7.76. The van der Waals surface area contributed by atoms with Crippen LogP contribution in [0.2, 0.25) is 0 Å². The molecule has 1 aromatic carbocycles. The maximum absolute atomic E-state index is 5.93. The van der Waals surface area contributed by atoms with Crippen LogP contribution in [0.3, 0.4) is 0 Å². The molecule has 1 aromatic heterocycles. The first-order chi connectivity index (χ1) is 10.1. The fourth-order valence-electron chi connectivity index (χ4n) is 3.62. The lowest BCUT2D eigenvalue weighted by Gasteiger charge is -2.21. The average Bonchev–Trinajstić information content (AvgIpc) is 3.07. The number of aromatic nitrogens is 4. The van der Waals surface area contributed by atoms with Crippen molar-refractivity contribution in [3.05, 3.63) is 23.8 Å². The molecular weight excluding hydrogens is 262 g/mol. The molecule has 5 heteroatoms. The molecule has 2 aromatic rings. The Hall–Kier alpha value is -1.91. The second kappa shape index (κ2) is 5.47.